The molecule has 0 saturated heterocycles. The van der Waals surface area contributed by atoms with Gasteiger partial charge in [-0.3, -0.25) is 9.11 Å². The topological polar surface area (TPSA) is 92.3 Å². The Balaban J connectivity index is 0.000000921. The van der Waals surface area contributed by atoms with Crippen LogP contribution in [-0.2, 0) is 6.42 Å². The Labute approximate surface area is 90.0 Å². The Morgan fingerprint density at radius 3 is 2.20 bits per heavy atom. The number of hydrogen-bond acceptors (Lipinski definition) is 5. The molecule has 0 spiro atoms. The van der Waals surface area contributed by atoms with Gasteiger partial charge in [0, 0.05) is 6.42 Å². The number of halogens is 1. The average Bonchev–Trinajstić information content (AvgIpc) is 2.19. The molecule has 0 fully saturated rings. The molecule has 0 aliphatic rings. The van der Waals surface area contributed by atoms with E-state index in [4.69, 9.17) is 14.2 Å². The van der Waals surface area contributed by atoms with Gasteiger partial charge in [-0.2, -0.15) is 0 Å². The molecular formula is C8H16FN3O2S. The zero-order valence-corrected chi connectivity index (χ0v) is 9.54. The van der Waals surface area contributed by atoms with E-state index in [1.165, 1.54) is 0 Å². The highest BCUT2D eigenvalue weighted by molar-refractivity contribution is 8.22. The SMILES string of the molecule is CC.NS(O)(O)CCc1ncc(F)cn1. The van der Waals surface area contributed by atoms with Gasteiger partial charge in [0.1, 0.15) is 5.82 Å². The minimum atomic E-state index is -3.01. The van der Waals surface area contributed by atoms with Crippen LogP contribution >= 0.6 is 10.8 Å². The second-order valence-electron chi connectivity index (χ2n) is 2.49. The third-order valence-corrected chi connectivity index (χ3v) is 2.10. The smallest absolute Gasteiger partial charge is 0.159 e. The van der Waals surface area contributed by atoms with E-state index in [1.807, 2.05) is 13.8 Å². The first-order valence-electron chi connectivity index (χ1n) is 4.47. The minimum absolute atomic E-state index is 0.0152. The first-order chi connectivity index (χ1) is 6.97. The number of rotatable bonds is 3. The maximum Gasteiger partial charge on any atom is 0.159 e. The summed E-state index contributed by atoms with van der Waals surface area (Å²) in [7, 11) is -3.01. The molecule has 0 aliphatic heterocycles. The third-order valence-electron chi connectivity index (χ3n) is 1.30. The first kappa shape index (κ1) is 14.2. The van der Waals surface area contributed by atoms with Crippen molar-refractivity contribution < 1.29 is 13.5 Å². The zero-order chi connectivity index (χ0) is 11.9. The summed E-state index contributed by atoms with van der Waals surface area (Å²) >= 11 is 0. The van der Waals surface area contributed by atoms with Crippen molar-refractivity contribution in [2.75, 3.05) is 5.75 Å². The van der Waals surface area contributed by atoms with Crippen LogP contribution in [-0.4, -0.2) is 24.8 Å². The highest BCUT2D eigenvalue weighted by Crippen LogP contribution is 2.27. The lowest BCUT2D eigenvalue weighted by Gasteiger charge is -2.25. The predicted molar refractivity (Wildman–Crippen MR) is 58.9 cm³/mol. The summed E-state index contributed by atoms with van der Waals surface area (Å²) in [6.45, 7) is 4.00. The summed E-state index contributed by atoms with van der Waals surface area (Å²) in [6, 6.07) is 0. The molecule has 1 rings (SSSR count). The summed E-state index contributed by atoms with van der Waals surface area (Å²) in [5.41, 5.74) is 0. The minimum Gasteiger partial charge on any atom is -0.286 e. The van der Waals surface area contributed by atoms with Gasteiger partial charge in [0.25, 0.3) is 0 Å². The second-order valence-corrected chi connectivity index (χ2v) is 4.33. The second kappa shape index (κ2) is 6.67. The fraction of sp³-hybridized carbons (Fsp3) is 0.500. The van der Waals surface area contributed by atoms with Crippen LogP contribution in [0.25, 0.3) is 0 Å². The van der Waals surface area contributed by atoms with Crippen LogP contribution in [0.15, 0.2) is 12.4 Å². The van der Waals surface area contributed by atoms with Crippen LogP contribution in [0.2, 0.25) is 0 Å². The molecule has 1 aromatic heterocycles. The van der Waals surface area contributed by atoms with Crippen LogP contribution in [0.3, 0.4) is 0 Å². The number of nitrogens with zero attached hydrogens (tertiary/aromatic N) is 2. The van der Waals surface area contributed by atoms with Crippen LogP contribution in [0.5, 0.6) is 0 Å². The van der Waals surface area contributed by atoms with E-state index in [2.05, 4.69) is 9.97 Å². The molecule has 5 nitrogen and oxygen atoms in total. The lowest BCUT2D eigenvalue weighted by atomic mass is 10.4. The Morgan fingerprint density at radius 1 is 1.33 bits per heavy atom. The van der Waals surface area contributed by atoms with E-state index < -0.39 is 16.6 Å². The van der Waals surface area contributed by atoms with E-state index in [-0.39, 0.29) is 12.2 Å². The molecule has 15 heavy (non-hydrogen) atoms. The van der Waals surface area contributed by atoms with E-state index in [9.17, 15) is 4.39 Å². The third kappa shape index (κ3) is 7.20. The van der Waals surface area contributed by atoms with Gasteiger partial charge in [-0.15, -0.1) is 10.8 Å². The van der Waals surface area contributed by atoms with E-state index in [0.717, 1.165) is 12.4 Å². The van der Waals surface area contributed by atoms with Gasteiger partial charge >= 0.3 is 0 Å². The molecular weight excluding hydrogens is 221 g/mol. The van der Waals surface area contributed by atoms with Gasteiger partial charge in [-0.05, 0) is 0 Å². The average molecular weight is 237 g/mol. The Bertz CT molecular complexity index is 276. The fourth-order valence-electron chi connectivity index (χ4n) is 0.710. The largest absolute Gasteiger partial charge is 0.286 e. The predicted octanol–water partition coefficient (Wildman–Crippen LogP) is 1.81. The van der Waals surface area contributed by atoms with Crippen molar-refractivity contribution in [3.8, 4) is 0 Å². The van der Waals surface area contributed by atoms with Crippen molar-refractivity contribution in [3.63, 3.8) is 0 Å². The normalized spacial score (nSPS) is 11.6. The van der Waals surface area contributed by atoms with Crippen molar-refractivity contribution in [2.24, 2.45) is 5.14 Å². The highest BCUT2D eigenvalue weighted by atomic mass is 32.3. The van der Waals surface area contributed by atoms with Crippen molar-refractivity contribution in [3.05, 3.63) is 24.0 Å². The molecule has 4 N–H and O–H groups in total. The number of hydrogen-bond donors (Lipinski definition) is 3. The zero-order valence-electron chi connectivity index (χ0n) is 8.72. The molecule has 7 heteroatoms. The number of nitrogens with two attached hydrogens (primary N) is 1. The van der Waals surface area contributed by atoms with Gasteiger partial charge in [0.15, 0.2) is 5.82 Å². The fourth-order valence-corrected chi connectivity index (χ4v) is 1.19. The van der Waals surface area contributed by atoms with Crippen LogP contribution < -0.4 is 5.14 Å². The summed E-state index contributed by atoms with van der Waals surface area (Å²) in [5.74, 6) is -0.200. The lowest BCUT2D eigenvalue weighted by molar-refractivity contribution is 0.487. The highest BCUT2D eigenvalue weighted by Gasteiger charge is 2.06. The molecule has 1 heterocycles. The van der Waals surface area contributed by atoms with Crippen molar-refractivity contribution in [1.82, 2.24) is 9.97 Å². The quantitative estimate of drug-likeness (QED) is 0.745. The van der Waals surface area contributed by atoms with Gasteiger partial charge in [-0.25, -0.2) is 19.5 Å². The Kier molecular flexibility index (Phi) is 6.34. The maximum absolute atomic E-state index is 12.3. The van der Waals surface area contributed by atoms with E-state index in [1.54, 1.807) is 0 Å². The van der Waals surface area contributed by atoms with Crippen molar-refractivity contribution in [2.45, 2.75) is 20.3 Å². The molecule has 0 amide bonds. The molecule has 1 aromatic rings. The van der Waals surface area contributed by atoms with Crippen LogP contribution in [0.4, 0.5) is 4.39 Å². The van der Waals surface area contributed by atoms with Gasteiger partial charge in [-0.1, -0.05) is 13.8 Å². The van der Waals surface area contributed by atoms with Gasteiger partial charge in [0.05, 0.1) is 18.1 Å². The molecule has 0 aromatic carbocycles. The maximum atomic E-state index is 12.3. The Hall–Kier alpha value is -0.760. The Morgan fingerprint density at radius 2 is 1.80 bits per heavy atom. The van der Waals surface area contributed by atoms with Crippen LogP contribution in [0.1, 0.15) is 19.7 Å². The summed E-state index contributed by atoms with van der Waals surface area (Å²) < 4.78 is 30.0. The van der Waals surface area contributed by atoms with Crippen LogP contribution in [0, 0.1) is 5.82 Å². The lowest BCUT2D eigenvalue weighted by Crippen LogP contribution is -2.15. The van der Waals surface area contributed by atoms with Gasteiger partial charge < -0.3 is 0 Å². The molecule has 88 valence electrons. The molecule has 0 unspecified atom stereocenters. The standard InChI is InChI=1S/C6H10FN3O2S.C2H6/c7-5-3-9-6(10-4-5)1-2-13(8,11)12;1-2/h3-4,11-12H,1-2,8H2;1-2H3. The van der Waals surface area contributed by atoms with Crippen molar-refractivity contribution >= 4 is 10.8 Å². The summed E-state index contributed by atoms with van der Waals surface area (Å²) in [6.07, 6.45) is 2.26. The molecule has 0 aliphatic carbocycles. The molecule has 0 bridgehead atoms. The number of aryl methyl sites for hydroxylation is 1. The molecule has 0 radical (unpaired) electrons. The van der Waals surface area contributed by atoms with E-state index in [0.29, 0.717) is 5.82 Å². The van der Waals surface area contributed by atoms with Gasteiger partial charge in [0.2, 0.25) is 0 Å². The monoisotopic (exact) mass is 237 g/mol. The van der Waals surface area contributed by atoms with E-state index >= 15 is 0 Å². The summed E-state index contributed by atoms with van der Waals surface area (Å²) in [4.78, 5) is 7.26. The summed E-state index contributed by atoms with van der Waals surface area (Å²) in [5, 5.41) is 4.98. The number of aromatic nitrogens is 2. The molecule has 0 atom stereocenters. The molecule has 0 saturated carbocycles. The first-order valence-corrected chi connectivity index (χ1v) is 6.25. The van der Waals surface area contributed by atoms with Crippen molar-refractivity contribution in [1.29, 1.82) is 0 Å².